The van der Waals surface area contributed by atoms with Gasteiger partial charge in [0.15, 0.2) is 0 Å². The number of likely N-dealkylation sites (tertiary alicyclic amines) is 1. The molecule has 0 aromatic heterocycles. The highest BCUT2D eigenvalue weighted by Gasteiger charge is 2.55. The summed E-state index contributed by atoms with van der Waals surface area (Å²) in [6, 6.07) is -0.239. The number of hydrogen-bond donors (Lipinski definition) is 0. The van der Waals surface area contributed by atoms with Crippen molar-refractivity contribution in [3.8, 4) is 0 Å². The van der Waals surface area contributed by atoms with Gasteiger partial charge in [-0.3, -0.25) is 14.5 Å². The summed E-state index contributed by atoms with van der Waals surface area (Å²) in [5, 5.41) is 0. The Morgan fingerprint density at radius 3 is 2.14 bits per heavy atom. The van der Waals surface area contributed by atoms with Crippen molar-refractivity contribution in [3.63, 3.8) is 0 Å². The van der Waals surface area contributed by atoms with Crippen LogP contribution in [0.4, 0.5) is 4.79 Å². The molecule has 122 valence electrons. The van der Waals surface area contributed by atoms with Gasteiger partial charge in [-0.2, -0.15) is 0 Å². The molecule has 3 fully saturated rings. The Balaban J connectivity index is 1.66. The first-order chi connectivity index (χ1) is 10.5. The Labute approximate surface area is 131 Å². The minimum Gasteiger partial charge on any atom is -0.342 e. The summed E-state index contributed by atoms with van der Waals surface area (Å²) in [6.07, 6.45) is 6.64. The van der Waals surface area contributed by atoms with Crippen LogP contribution in [-0.4, -0.2) is 65.3 Å². The van der Waals surface area contributed by atoms with Crippen LogP contribution in [0.1, 0.15) is 44.9 Å². The molecule has 2 heterocycles. The van der Waals surface area contributed by atoms with Crippen molar-refractivity contribution < 1.29 is 14.4 Å². The predicted molar refractivity (Wildman–Crippen MR) is 81.0 cm³/mol. The van der Waals surface area contributed by atoms with E-state index < -0.39 is 5.54 Å². The van der Waals surface area contributed by atoms with Crippen LogP contribution in [0.15, 0.2) is 0 Å². The van der Waals surface area contributed by atoms with Crippen molar-refractivity contribution in [1.82, 2.24) is 14.7 Å². The maximum Gasteiger partial charge on any atom is 0.327 e. The molecule has 0 aromatic rings. The number of carbonyl (C=O) groups excluding carboxylic acids is 3. The summed E-state index contributed by atoms with van der Waals surface area (Å²) in [5.41, 5.74) is -0.727. The molecule has 0 aromatic carbocycles. The highest BCUT2D eigenvalue weighted by molar-refractivity contribution is 6.06. The van der Waals surface area contributed by atoms with Crippen molar-refractivity contribution in [3.05, 3.63) is 0 Å². The maximum atomic E-state index is 12.6. The third-order valence-corrected chi connectivity index (χ3v) is 5.78. The molecule has 6 nitrogen and oxygen atoms in total. The molecular formula is C16H25N3O3. The fraction of sp³-hybridized carbons (Fsp3) is 0.812. The number of hydrogen-bond acceptors (Lipinski definition) is 3. The van der Waals surface area contributed by atoms with Crippen LogP contribution in [0.3, 0.4) is 0 Å². The average molecular weight is 307 g/mol. The van der Waals surface area contributed by atoms with Gasteiger partial charge in [0.05, 0.1) is 0 Å². The van der Waals surface area contributed by atoms with Gasteiger partial charge in [0.2, 0.25) is 5.91 Å². The lowest BCUT2D eigenvalue weighted by Gasteiger charge is -2.42. The fourth-order valence-electron chi connectivity index (χ4n) is 4.20. The molecule has 1 saturated carbocycles. The Kier molecular flexibility index (Phi) is 3.87. The number of carbonyl (C=O) groups is 3. The highest BCUT2D eigenvalue weighted by Crippen LogP contribution is 2.36. The molecule has 0 N–H and O–H groups in total. The van der Waals surface area contributed by atoms with Crippen molar-refractivity contribution in [2.75, 3.05) is 27.2 Å². The molecule has 4 amide bonds. The van der Waals surface area contributed by atoms with Crippen molar-refractivity contribution >= 4 is 17.8 Å². The van der Waals surface area contributed by atoms with E-state index >= 15 is 0 Å². The van der Waals surface area contributed by atoms with E-state index in [1.165, 1.54) is 18.4 Å². The first-order valence-corrected chi connectivity index (χ1v) is 8.32. The fourth-order valence-corrected chi connectivity index (χ4v) is 4.20. The van der Waals surface area contributed by atoms with Gasteiger partial charge in [-0.05, 0) is 25.7 Å². The quantitative estimate of drug-likeness (QED) is 0.689. The Morgan fingerprint density at radius 2 is 1.64 bits per heavy atom. The van der Waals surface area contributed by atoms with E-state index in [4.69, 9.17) is 0 Å². The number of urea groups is 1. The number of amides is 4. The second-order valence-corrected chi connectivity index (χ2v) is 6.90. The van der Waals surface area contributed by atoms with Crippen LogP contribution >= 0.6 is 0 Å². The van der Waals surface area contributed by atoms with Crippen LogP contribution < -0.4 is 0 Å². The summed E-state index contributed by atoms with van der Waals surface area (Å²) in [6.45, 7) is 1.15. The van der Waals surface area contributed by atoms with Gasteiger partial charge in [-0.25, -0.2) is 4.79 Å². The first-order valence-electron chi connectivity index (χ1n) is 8.32. The third kappa shape index (κ3) is 2.20. The smallest absolute Gasteiger partial charge is 0.327 e. The molecule has 3 aliphatic rings. The molecule has 1 spiro atoms. The van der Waals surface area contributed by atoms with Gasteiger partial charge in [0.1, 0.15) is 5.54 Å². The van der Waals surface area contributed by atoms with Crippen molar-refractivity contribution in [2.24, 2.45) is 5.92 Å². The van der Waals surface area contributed by atoms with Crippen LogP contribution in [0, 0.1) is 5.92 Å². The monoisotopic (exact) mass is 307 g/mol. The third-order valence-electron chi connectivity index (χ3n) is 5.78. The Bertz CT molecular complexity index is 491. The lowest BCUT2D eigenvalue weighted by molar-refractivity contribution is -0.143. The molecule has 0 bridgehead atoms. The lowest BCUT2D eigenvalue weighted by Crippen LogP contribution is -2.56. The number of nitrogens with zero attached hydrogens (tertiary/aromatic N) is 3. The lowest BCUT2D eigenvalue weighted by atomic mass is 9.84. The zero-order valence-corrected chi connectivity index (χ0v) is 13.5. The predicted octanol–water partition coefficient (Wildman–Crippen LogP) is 1.45. The molecule has 3 rings (SSSR count). The summed E-state index contributed by atoms with van der Waals surface area (Å²) in [4.78, 5) is 41.7. The SMILES string of the molecule is CN1C(=O)N(C)C2(CCN(C(=O)C3CCCCC3)CC2)C1=O. The van der Waals surface area contributed by atoms with E-state index in [0.29, 0.717) is 25.9 Å². The topological polar surface area (TPSA) is 60.9 Å². The Hall–Kier alpha value is -1.59. The van der Waals surface area contributed by atoms with E-state index in [0.717, 1.165) is 25.7 Å². The zero-order chi connectivity index (χ0) is 15.9. The van der Waals surface area contributed by atoms with Gasteiger partial charge < -0.3 is 9.80 Å². The zero-order valence-electron chi connectivity index (χ0n) is 13.5. The van der Waals surface area contributed by atoms with Crippen LogP contribution in [0.2, 0.25) is 0 Å². The van der Waals surface area contributed by atoms with Crippen LogP contribution in [-0.2, 0) is 9.59 Å². The number of likely N-dealkylation sites (N-methyl/N-ethyl adjacent to an activating group) is 2. The van der Waals surface area contributed by atoms with Gasteiger partial charge in [0.25, 0.3) is 5.91 Å². The Morgan fingerprint density at radius 1 is 1.05 bits per heavy atom. The van der Waals surface area contributed by atoms with Gasteiger partial charge in [-0.15, -0.1) is 0 Å². The molecule has 0 atom stereocenters. The minimum atomic E-state index is -0.727. The van der Waals surface area contributed by atoms with Crippen LogP contribution in [0.5, 0.6) is 0 Å². The number of rotatable bonds is 1. The molecule has 2 aliphatic heterocycles. The minimum absolute atomic E-state index is 0.121. The van der Waals surface area contributed by atoms with E-state index in [9.17, 15) is 14.4 Å². The van der Waals surface area contributed by atoms with Gasteiger partial charge in [0, 0.05) is 33.1 Å². The number of piperidine rings is 1. The average Bonchev–Trinajstić information content (AvgIpc) is 2.72. The van der Waals surface area contributed by atoms with E-state index in [1.54, 1.807) is 11.9 Å². The molecule has 1 aliphatic carbocycles. The summed E-state index contributed by atoms with van der Waals surface area (Å²) < 4.78 is 0. The van der Waals surface area contributed by atoms with Gasteiger partial charge in [-0.1, -0.05) is 19.3 Å². The van der Waals surface area contributed by atoms with Gasteiger partial charge >= 0.3 is 6.03 Å². The van der Waals surface area contributed by atoms with E-state index in [-0.39, 0.29) is 23.8 Å². The largest absolute Gasteiger partial charge is 0.342 e. The van der Waals surface area contributed by atoms with E-state index in [1.807, 2.05) is 4.90 Å². The molecule has 0 radical (unpaired) electrons. The molecule has 22 heavy (non-hydrogen) atoms. The first kappa shape index (κ1) is 15.3. The molecular weight excluding hydrogens is 282 g/mol. The second-order valence-electron chi connectivity index (χ2n) is 6.90. The molecule has 2 saturated heterocycles. The maximum absolute atomic E-state index is 12.6. The normalized spacial score (nSPS) is 26.2. The van der Waals surface area contributed by atoms with Crippen LogP contribution in [0.25, 0.3) is 0 Å². The number of imide groups is 1. The molecule has 0 unspecified atom stereocenters. The summed E-state index contributed by atoms with van der Waals surface area (Å²) >= 11 is 0. The summed E-state index contributed by atoms with van der Waals surface area (Å²) in [5.74, 6) is 0.302. The second kappa shape index (κ2) is 5.56. The highest BCUT2D eigenvalue weighted by atomic mass is 16.2. The summed E-state index contributed by atoms with van der Waals surface area (Å²) in [7, 11) is 3.23. The standard InChI is InChI=1S/C16H25N3O3/c1-17-14(21)16(18(2)15(17)22)8-10-19(11-9-16)13(20)12-6-4-3-5-7-12/h12H,3-11H2,1-2H3. The van der Waals surface area contributed by atoms with E-state index in [2.05, 4.69) is 0 Å². The molecule has 6 heteroatoms. The van der Waals surface area contributed by atoms with Crippen molar-refractivity contribution in [1.29, 1.82) is 0 Å². The van der Waals surface area contributed by atoms with Crippen molar-refractivity contribution in [2.45, 2.75) is 50.5 Å².